The van der Waals surface area contributed by atoms with Crippen LogP contribution in [0, 0.1) is 11.2 Å². The Balaban J connectivity index is 2.16. The lowest BCUT2D eigenvalue weighted by Gasteiger charge is -2.42. The summed E-state index contributed by atoms with van der Waals surface area (Å²) >= 11 is 5.79. The van der Waals surface area contributed by atoms with Gasteiger partial charge in [0.05, 0.1) is 5.02 Å². The zero-order valence-electron chi connectivity index (χ0n) is 9.52. The van der Waals surface area contributed by atoms with E-state index < -0.39 is 0 Å². The lowest BCUT2D eigenvalue weighted by Crippen LogP contribution is -2.40. The van der Waals surface area contributed by atoms with Crippen molar-refractivity contribution >= 4 is 11.6 Å². The number of hydrogen-bond acceptors (Lipinski definition) is 1. The molecule has 0 amide bonds. The molecule has 88 valence electrons. The van der Waals surface area contributed by atoms with Gasteiger partial charge in [0.25, 0.3) is 0 Å². The fourth-order valence-electron chi connectivity index (χ4n) is 2.56. The Bertz CT molecular complexity index is 374. The molecule has 0 bridgehead atoms. The van der Waals surface area contributed by atoms with Crippen LogP contribution in [-0.4, -0.2) is 13.6 Å². The van der Waals surface area contributed by atoms with Crippen LogP contribution < -0.4 is 5.32 Å². The molecule has 16 heavy (non-hydrogen) atoms. The van der Waals surface area contributed by atoms with Crippen LogP contribution in [-0.2, 0) is 6.42 Å². The van der Waals surface area contributed by atoms with Crippen molar-refractivity contribution in [2.75, 3.05) is 13.6 Å². The smallest absolute Gasteiger partial charge is 0.144 e. The van der Waals surface area contributed by atoms with Crippen LogP contribution in [0.1, 0.15) is 24.8 Å². The van der Waals surface area contributed by atoms with Gasteiger partial charge in [-0.05, 0) is 43.4 Å². The molecule has 1 aromatic carbocycles. The Labute approximate surface area is 101 Å². The Kier molecular flexibility index (Phi) is 3.50. The average molecular weight is 242 g/mol. The highest BCUT2D eigenvalue weighted by Gasteiger charge is 2.36. The highest BCUT2D eigenvalue weighted by Crippen LogP contribution is 2.43. The van der Waals surface area contributed by atoms with Crippen molar-refractivity contribution in [2.45, 2.75) is 25.7 Å². The summed E-state index contributed by atoms with van der Waals surface area (Å²) in [5.74, 6) is -0.244. The number of halogens is 2. The molecule has 0 spiro atoms. The molecule has 0 radical (unpaired) electrons. The highest BCUT2D eigenvalue weighted by atomic mass is 35.5. The fourth-order valence-corrected chi connectivity index (χ4v) is 2.75. The maximum Gasteiger partial charge on any atom is 0.144 e. The molecule has 1 aliphatic carbocycles. The average Bonchev–Trinajstić information content (AvgIpc) is 2.21. The Morgan fingerprint density at radius 2 is 2.19 bits per heavy atom. The second kappa shape index (κ2) is 4.72. The standard InChI is InChI=1S/C13H17ClFN/c1-16-9-13(6-3-7-13)8-10-4-2-5-11(14)12(10)15/h2,4-5,16H,3,6-9H2,1H3. The van der Waals surface area contributed by atoms with E-state index in [0.29, 0.717) is 0 Å². The van der Waals surface area contributed by atoms with E-state index in [-0.39, 0.29) is 16.3 Å². The van der Waals surface area contributed by atoms with Crippen molar-refractivity contribution in [3.63, 3.8) is 0 Å². The highest BCUT2D eigenvalue weighted by molar-refractivity contribution is 6.30. The van der Waals surface area contributed by atoms with Gasteiger partial charge in [-0.15, -0.1) is 0 Å². The zero-order valence-corrected chi connectivity index (χ0v) is 10.3. The first-order valence-corrected chi connectivity index (χ1v) is 6.12. The van der Waals surface area contributed by atoms with Crippen molar-refractivity contribution in [3.05, 3.63) is 34.6 Å². The predicted molar refractivity (Wildman–Crippen MR) is 65.3 cm³/mol. The van der Waals surface area contributed by atoms with Crippen LogP contribution >= 0.6 is 11.6 Å². The van der Waals surface area contributed by atoms with Gasteiger partial charge in [-0.1, -0.05) is 30.2 Å². The maximum atomic E-state index is 13.8. The summed E-state index contributed by atoms with van der Waals surface area (Å²) in [6, 6.07) is 5.27. The van der Waals surface area contributed by atoms with Crippen LogP contribution in [0.3, 0.4) is 0 Å². The van der Waals surface area contributed by atoms with Gasteiger partial charge in [-0.3, -0.25) is 0 Å². The molecule has 0 aromatic heterocycles. The van der Waals surface area contributed by atoms with E-state index in [9.17, 15) is 4.39 Å². The molecule has 1 N–H and O–H groups in total. The number of benzene rings is 1. The van der Waals surface area contributed by atoms with Crippen LogP contribution in [0.2, 0.25) is 5.02 Å². The summed E-state index contributed by atoms with van der Waals surface area (Å²) in [6.07, 6.45) is 4.41. The number of hydrogen-bond donors (Lipinski definition) is 1. The number of nitrogens with one attached hydrogen (secondary N) is 1. The van der Waals surface area contributed by atoms with Gasteiger partial charge in [0.1, 0.15) is 5.82 Å². The Morgan fingerprint density at radius 3 is 2.75 bits per heavy atom. The Hall–Kier alpha value is -0.600. The van der Waals surface area contributed by atoms with Gasteiger partial charge in [-0.2, -0.15) is 0 Å². The molecule has 0 heterocycles. The summed E-state index contributed by atoms with van der Waals surface area (Å²) in [7, 11) is 1.95. The second-order valence-corrected chi connectivity index (χ2v) is 5.18. The van der Waals surface area contributed by atoms with Crippen LogP contribution in [0.25, 0.3) is 0 Å². The minimum atomic E-state index is -0.244. The van der Waals surface area contributed by atoms with Crippen LogP contribution in [0.15, 0.2) is 18.2 Å². The van der Waals surface area contributed by atoms with Crippen molar-refractivity contribution < 1.29 is 4.39 Å². The van der Waals surface area contributed by atoms with E-state index >= 15 is 0 Å². The first-order chi connectivity index (χ1) is 7.67. The lowest BCUT2D eigenvalue weighted by molar-refractivity contribution is 0.132. The van der Waals surface area contributed by atoms with Crippen molar-refractivity contribution in [1.29, 1.82) is 0 Å². The minimum absolute atomic E-state index is 0.233. The van der Waals surface area contributed by atoms with Gasteiger partial charge in [0.2, 0.25) is 0 Å². The van der Waals surface area contributed by atoms with Gasteiger partial charge in [0, 0.05) is 6.54 Å². The van der Waals surface area contributed by atoms with E-state index in [2.05, 4.69) is 5.32 Å². The van der Waals surface area contributed by atoms with E-state index in [1.807, 2.05) is 19.2 Å². The van der Waals surface area contributed by atoms with E-state index in [1.54, 1.807) is 6.07 Å². The molecular formula is C13H17ClFN. The summed E-state index contributed by atoms with van der Waals surface area (Å²) in [5.41, 5.74) is 1.00. The monoisotopic (exact) mass is 241 g/mol. The molecule has 0 unspecified atom stereocenters. The topological polar surface area (TPSA) is 12.0 Å². The van der Waals surface area contributed by atoms with Crippen LogP contribution in [0.5, 0.6) is 0 Å². The van der Waals surface area contributed by atoms with E-state index in [0.717, 1.165) is 18.5 Å². The van der Waals surface area contributed by atoms with Crippen LogP contribution in [0.4, 0.5) is 4.39 Å². The van der Waals surface area contributed by atoms with Gasteiger partial charge >= 0.3 is 0 Å². The third-order valence-electron chi connectivity index (χ3n) is 3.56. The van der Waals surface area contributed by atoms with E-state index in [1.165, 1.54) is 19.3 Å². The predicted octanol–water partition coefficient (Wildman–Crippen LogP) is 3.41. The summed E-state index contributed by atoms with van der Waals surface area (Å²) in [5, 5.41) is 3.44. The maximum absolute atomic E-state index is 13.8. The van der Waals surface area contributed by atoms with Crippen molar-refractivity contribution in [2.24, 2.45) is 5.41 Å². The van der Waals surface area contributed by atoms with Gasteiger partial charge < -0.3 is 5.32 Å². The number of rotatable bonds is 4. The molecule has 2 rings (SSSR count). The first-order valence-electron chi connectivity index (χ1n) is 5.74. The molecule has 0 atom stereocenters. The zero-order chi connectivity index (χ0) is 11.6. The van der Waals surface area contributed by atoms with Crippen molar-refractivity contribution in [3.8, 4) is 0 Å². The first kappa shape index (κ1) is 11.9. The van der Waals surface area contributed by atoms with Gasteiger partial charge in [0.15, 0.2) is 0 Å². The third kappa shape index (κ3) is 2.23. The van der Waals surface area contributed by atoms with E-state index in [4.69, 9.17) is 11.6 Å². The molecular weight excluding hydrogens is 225 g/mol. The molecule has 3 heteroatoms. The van der Waals surface area contributed by atoms with Crippen molar-refractivity contribution in [1.82, 2.24) is 5.32 Å². The second-order valence-electron chi connectivity index (χ2n) is 4.77. The third-order valence-corrected chi connectivity index (χ3v) is 3.85. The summed E-state index contributed by atoms with van der Waals surface area (Å²) in [4.78, 5) is 0. The minimum Gasteiger partial charge on any atom is -0.319 e. The molecule has 1 aliphatic rings. The fraction of sp³-hybridized carbons (Fsp3) is 0.538. The summed E-state index contributed by atoms with van der Waals surface area (Å²) < 4.78 is 13.8. The molecule has 1 aromatic rings. The molecule has 1 nitrogen and oxygen atoms in total. The quantitative estimate of drug-likeness (QED) is 0.852. The Morgan fingerprint density at radius 1 is 1.44 bits per heavy atom. The molecule has 1 saturated carbocycles. The SMILES string of the molecule is CNCC1(Cc2cccc(Cl)c2F)CCC1. The normalized spacial score (nSPS) is 18.2. The molecule has 0 saturated heterocycles. The molecule has 0 aliphatic heterocycles. The lowest BCUT2D eigenvalue weighted by atomic mass is 9.65. The largest absolute Gasteiger partial charge is 0.319 e. The molecule has 1 fully saturated rings. The summed E-state index contributed by atoms with van der Waals surface area (Å²) in [6.45, 7) is 0.957. The van der Waals surface area contributed by atoms with Gasteiger partial charge in [-0.25, -0.2) is 4.39 Å².